The van der Waals surface area contributed by atoms with Crippen LogP contribution in [-0.4, -0.2) is 48.8 Å². The van der Waals surface area contributed by atoms with Gasteiger partial charge in [0.05, 0.1) is 34.4 Å². The number of carbonyl (C=O) groups is 3. The van der Waals surface area contributed by atoms with Crippen LogP contribution in [0.1, 0.15) is 45.2 Å². The van der Waals surface area contributed by atoms with Crippen LogP contribution in [0.2, 0.25) is 10.0 Å². The van der Waals surface area contributed by atoms with Gasteiger partial charge in [-0.1, -0.05) is 35.3 Å². The highest BCUT2D eigenvalue weighted by Crippen LogP contribution is 2.40. The standard InChI is InChI=1S/C28H25Cl2FN4O3/c29-19-5-8-21(22(30)15-19)28(38)35-24-9-4-18(27(37)34-12-1-10-32-11-13-34)14-23(24)33-26(36)16-25(35)17-2-6-20(31)7-3-17/h2-9,14-15,25,32H,1,10-13,16H2,(H,33,36). The lowest BCUT2D eigenvalue weighted by Crippen LogP contribution is -2.36. The predicted octanol–water partition coefficient (Wildman–Crippen LogP) is 5.30. The van der Waals surface area contributed by atoms with Gasteiger partial charge >= 0.3 is 0 Å². The molecule has 0 aromatic heterocycles. The summed E-state index contributed by atoms with van der Waals surface area (Å²) in [5, 5.41) is 6.67. The SMILES string of the molecule is O=C1CC(c2ccc(F)cc2)N(C(=O)c2ccc(Cl)cc2Cl)c2ccc(C(=O)N3CCCNCC3)cc2N1. The fourth-order valence-electron chi connectivity index (χ4n) is 4.84. The largest absolute Gasteiger partial charge is 0.337 e. The minimum Gasteiger partial charge on any atom is -0.337 e. The molecule has 1 saturated heterocycles. The van der Waals surface area contributed by atoms with E-state index >= 15 is 0 Å². The van der Waals surface area contributed by atoms with Crippen molar-refractivity contribution in [3.63, 3.8) is 0 Å². The van der Waals surface area contributed by atoms with Crippen LogP contribution in [0.25, 0.3) is 0 Å². The van der Waals surface area contributed by atoms with Crippen molar-refractivity contribution in [2.24, 2.45) is 0 Å². The molecule has 3 aromatic rings. The quantitative estimate of drug-likeness (QED) is 0.460. The first-order valence-corrected chi connectivity index (χ1v) is 13.1. The summed E-state index contributed by atoms with van der Waals surface area (Å²) in [6, 6.07) is 14.4. The monoisotopic (exact) mass is 554 g/mol. The number of hydrogen-bond donors (Lipinski definition) is 2. The molecule has 0 radical (unpaired) electrons. The smallest absolute Gasteiger partial charge is 0.260 e. The number of anilines is 2. The predicted molar refractivity (Wildman–Crippen MR) is 145 cm³/mol. The maximum Gasteiger partial charge on any atom is 0.260 e. The highest BCUT2D eigenvalue weighted by molar-refractivity contribution is 6.37. The molecule has 2 heterocycles. The van der Waals surface area contributed by atoms with Gasteiger partial charge in [0.2, 0.25) is 5.91 Å². The van der Waals surface area contributed by atoms with E-state index in [-0.39, 0.29) is 28.8 Å². The Kier molecular flexibility index (Phi) is 7.65. The second kappa shape index (κ2) is 11.1. The molecule has 38 heavy (non-hydrogen) atoms. The van der Waals surface area contributed by atoms with E-state index in [4.69, 9.17) is 23.2 Å². The lowest BCUT2D eigenvalue weighted by Gasteiger charge is -2.31. The van der Waals surface area contributed by atoms with E-state index < -0.39 is 17.8 Å². The van der Waals surface area contributed by atoms with Crippen LogP contribution < -0.4 is 15.5 Å². The molecule has 2 aliphatic rings. The average molecular weight is 555 g/mol. The minimum atomic E-state index is -0.755. The summed E-state index contributed by atoms with van der Waals surface area (Å²) in [6.07, 6.45) is 0.759. The van der Waals surface area contributed by atoms with E-state index in [2.05, 4.69) is 10.6 Å². The van der Waals surface area contributed by atoms with E-state index in [9.17, 15) is 18.8 Å². The minimum absolute atomic E-state index is 0.0850. The third kappa shape index (κ3) is 5.38. The maximum atomic E-state index is 14.0. The van der Waals surface area contributed by atoms with Gasteiger partial charge < -0.3 is 15.5 Å². The first-order chi connectivity index (χ1) is 18.3. The Labute approximate surface area is 229 Å². The number of rotatable bonds is 3. The molecule has 10 heteroatoms. The first kappa shape index (κ1) is 26.2. The van der Waals surface area contributed by atoms with Crippen LogP contribution in [0.5, 0.6) is 0 Å². The van der Waals surface area contributed by atoms with E-state index in [1.807, 2.05) is 0 Å². The second-order valence-corrected chi connectivity index (χ2v) is 10.1. The summed E-state index contributed by atoms with van der Waals surface area (Å²) in [5.41, 5.74) is 1.90. The van der Waals surface area contributed by atoms with Crippen LogP contribution in [0.3, 0.4) is 0 Å². The van der Waals surface area contributed by atoms with Gasteiger partial charge in [0.1, 0.15) is 5.82 Å². The Balaban J connectivity index is 1.60. The van der Waals surface area contributed by atoms with Gasteiger partial charge in [-0.25, -0.2) is 4.39 Å². The topological polar surface area (TPSA) is 81.8 Å². The van der Waals surface area contributed by atoms with Crippen molar-refractivity contribution >= 4 is 52.3 Å². The van der Waals surface area contributed by atoms with E-state index in [0.29, 0.717) is 47.2 Å². The lowest BCUT2D eigenvalue weighted by molar-refractivity contribution is -0.116. The second-order valence-electron chi connectivity index (χ2n) is 9.25. The van der Waals surface area contributed by atoms with Crippen molar-refractivity contribution < 1.29 is 18.8 Å². The van der Waals surface area contributed by atoms with Crippen molar-refractivity contribution in [3.8, 4) is 0 Å². The summed E-state index contributed by atoms with van der Waals surface area (Å²) in [7, 11) is 0. The molecule has 7 nitrogen and oxygen atoms in total. The molecule has 3 aromatic carbocycles. The number of hydrogen-bond acceptors (Lipinski definition) is 4. The Morgan fingerprint density at radius 1 is 0.921 bits per heavy atom. The van der Waals surface area contributed by atoms with E-state index in [1.54, 1.807) is 41.3 Å². The molecular formula is C28H25Cl2FN4O3. The number of carbonyl (C=O) groups excluding carboxylic acids is 3. The highest BCUT2D eigenvalue weighted by atomic mass is 35.5. The fourth-order valence-corrected chi connectivity index (χ4v) is 5.33. The van der Waals surface area contributed by atoms with Gasteiger partial charge in [-0.2, -0.15) is 0 Å². The van der Waals surface area contributed by atoms with E-state index in [0.717, 1.165) is 13.0 Å². The Morgan fingerprint density at radius 2 is 1.71 bits per heavy atom. The Morgan fingerprint density at radius 3 is 2.47 bits per heavy atom. The lowest BCUT2D eigenvalue weighted by atomic mass is 9.99. The number of halogens is 3. The highest BCUT2D eigenvalue weighted by Gasteiger charge is 2.35. The maximum absolute atomic E-state index is 14.0. The summed E-state index contributed by atoms with van der Waals surface area (Å²) in [6.45, 7) is 2.76. The van der Waals surface area contributed by atoms with Crippen LogP contribution in [-0.2, 0) is 4.79 Å². The van der Waals surface area contributed by atoms with E-state index in [1.165, 1.54) is 29.2 Å². The van der Waals surface area contributed by atoms with Crippen molar-refractivity contribution in [1.29, 1.82) is 0 Å². The molecule has 2 N–H and O–H groups in total. The molecule has 1 atom stereocenters. The molecule has 1 unspecified atom stereocenters. The van der Waals surface area contributed by atoms with Gasteiger partial charge in [0, 0.05) is 30.2 Å². The molecular weight excluding hydrogens is 530 g/mol. The number of benzene rings is 3. The first-order valence-electron chi connectivity index (χ1n) is 12.3. The average Bonchev–Trinajstić information content (AvgIpc) is 3.25. The third-order valence-corrected chi connectivity index (χ3v) is 7.28. The molecule has 0 bridgehead atoms. The number of fused-ring (bicyclic) bond motifs is 1. The molecule has 0 aliphatic carbocycles. The number of nitrogens with one attached hydrogen (secondary N) is 2. The summed E-state index contributed by atoms with van der Waals surface area (Å²) in [4.78, 5) is 43.6. The van der Waals surface area contributed by atoms with Crippen LogP contribution in [0.15, 0.2) is 60.7 Å². The molecule has 1 fully saturated rings. The van der Waals surface area contributed by atoms with Gasteiger partial charge in [-0.3, -0.25) is 19.3 Å². The normalized spacial score (nSPS) is 17.8. The van der Waals surface area contributed by atoms with Crippen molar-refractivity contribution in [2.45, 2.75) is 18.9 Å². The summed E-state index contributed by atoms with van der Waals surface area (Å²) < 4.78 is 13.7. The zero-order chi connectivity index (χ0) is 26.8. The third-order valence-electron chi connectivity index (χ3n) is 6.73. The summed E-state index contributed by atoms with van der Waals surface area (Å²) in [5.74, 6) is -1.39. The fraction of sp³-hybridized carbons (Fsp3) is 0.250. The molecule has 2 aliphatic heterocycles. The van der Waals surface area contributed by atoms with Crippen molar-refractivity contribution in [2.75, 3.05) is 36.4 Å². The van der Waals surface area contributed by atoms with Crippen LogP contribution in [0, 0.1) is 5.82 Å². The molecule has 3 amide bonds. The Bertz CT molecular complexity index is 1390. The molecule has 0 saturated carbocycles. The van der Waals surface area contributed by atoms with Crippen molar-refractivity contribution in [1.82, 2.24) is 10.2 Å². The van der Waals surface area contributed by atoms with Gasteiger partial charge in [-0.15, -0.1) is 0 Å². The van der Waals surface area contributed by atoms with Gasteiger partial charge in [0.15, 0.2) is 0 Å². The van der Waals surface area contributed by atoms with Gasteiger partial charge in [-0.05, 0) is 67.1 Å². The Hall–Kier alpha value is -3.46. The number of amides is 3. The number of nitrogens with zero attached hydrogens (tertiary/aromatic N) is 2. The molecule has 5 rings (SSSR count). The summed E-state index contributed by atoms with van der Waals surface area (Å²) >= 11 is 12.5. The van der Waals surface area contributed by atoms with Gasteiger partial charge in [0.25, 0.3) is 11.8 Å². The van der Waals surface area contributed by atoms with Crippen LogP contribution >= 0.6 is 23.2 Å². The van der Waals surface area contributed by atoms with Crippen LogP contribution in [0.4, 0.5) is 15.8 Å². The molecule has 0 spiro atoms. The molecule has 196 valence electrons. The van der Waals surface area contributed by atoms with Crippen molar-refractivity contribution in [3.05, 3.63) is 93.2 Å². The zero-order valence-electron chi connectivity index (χ0n) is 20.3. The zero-order valence-corrected chi connectivity index (χ0v) is 21.9.